The summed E-state index contributed by atoms with van der Waals surface area (Å²) in [5.74, 6) is 0.917. The van der Waals surface area contributed by atoms with Crippen LogP contribution >= 0.6 is 11.8 Å². The van der Waals surface area contributed by atoms with Crippen LogP contribution in [0.1, 0.15) is 44.1 Å². The molecule has 3 atom stereocenters. The lowest BCUT2D eigenvalue weighted by Crippen LogP contribution is -2.28. The highest BCUT2D eigenvalue weighted by Gasteiger charge is 2.43. The van der Waals surface area contributed by atoms with Crippen LogP contribution in [0.4, 0.5) is 0 Å². The molecular weight excluding hydrogens is 330 g/mol. The molecule has 1 fully saturated rings. The summed E-state index contributed by atoms with van der Waals surface area (Å²) in [4.78, 5) is 12.0. The molecule has 3 heterocycles. The van der Waals surface area contributed by atoms with E-state index in [1.54, 1.807) is 0 Å². The molecule has 4 nitrogen and oxygen atoms in total. The number of thioether (sulfide) groups is 1. The van der Waals surface area contributed by atoms with Crippen molar-refractivity contribution < 1.29 is 4.74 Å². The first-order chi connectivity index (χ1) is 12.1. The first-order valence-corrected chi connectivity index (χ1v) is 9.68. The highest BCUT2D eigenvalue weighted by molar-refractivity contribution is 8.14. The molecule has 0 radical (unpaired) electrons. The van der Waals surface area contributed by atoms with E-state index in [2.05, 4.69) is 54.9 Å². The summed E-state index contributed by atoms with van der Waals surface area (Å²) >= 11 is 1.86. The molecule has 0 amide bonds. The third-order valence-corrected chi connectivity index (χ3v) is 5.55. The van der Waals surface area contributed by atoms with Crippen molar-refractivity contribution in [3.05, 3.63) is 59.9 Å². The maximum absolute atomic E-state index is 5.91. The second-order valence-electron chi connectivity index (χ2n) is 6.88. The Hall–Kier alpha value is -2.01. The van der Waals surface area contributed by atoms with Gasteiger partial charge in [0.05, 0.1) is 17.8 Å². The van der Waals surface area contributed by atoms with E-state index in [0.29, 0.717) is 5.25 Å². The van der Waals surface area contributed by atoms with Crippen molar-refractivity contribution in [1.29, 1.82) is 0 Å². The van der Waals surface area contributed by atoms with Gasteiger partial charge in [-0.05, 0) is 43.7 Å². The predicted octanol–water partition coefficient (Wildman–Crippen LogP) is 4.46. The van der Waals surface area contributed by atoms with Crippen LogP contribution < -0.4 is 4.74 Å². The quantitative estimate of drug-likeness (QED) is 0.813. The highest BCUT2D eigenvalue weighted by Crippen LogP contribution is 2.47. The average Bonchev–Trinajstić information content (AvgIpc) is 3.11. The largest absolute Gasteiger partial charge is 0.491 e. The van der Waals surface area contributed by atoms with Gasteiger partial charge in [0.25, 0.3) is 0 Å². The maximum Gasteiger partial charge on any atom is 0.160 e. The van der Waals surface area contributed by atoms with E-state index in [9.17, 15) is 0 Å². The fourth-order valence-electron chi connectivity index (χ4n) is 3.52. The van der Waals surface area contributed by atoms with Gasteiger partial charge in [-0.2, -0.15) is 0 Å². The molecule has 0 unspecified atom stereocenters. The van der Waals surface area contributed by atoms with E-state index in [1.807, 2.05) is 36.2 Å². The zero-order chi connectivity index (χ0) is 17.4. The lowest BCUT2D eigenvalue weighted by Gasteiger charge is -2.27. The van der Waals surface area contributed by atoms with E-state index in [-0.39, 0.29) is 18.2 Å². The molecule has 1 saturated heterocycles. The average molecular weight is 353 g/mol. The molecule has 130 valence electrons. The number of aliphatic imine (C=N–C) groups is 1. The SMILES string of the molecule is CC(C)Oc1cccc([C@H]2[C@H](c3ccccn3)N=C3S[C@@H](C)CN32)c1. The number of aromatic nitrogens is 1. The number of amidine groups is 1. The third-order valence-electron chi connectivity index (χ3n) is 4.45. The van der Waals surface area contributed by atoms with Crippen LogP contribution in [0.15, 0.2) is 53.7 Å². The molecule has 1 aromatic carbocycles. The van der Waals surface area contributed by atoms with Crippen molar-refractivity contribution >= 4 is 16.9 Å². The van der Waals surface area contributed by atoms with Crippen LogP contribution in [0.2, 0.25) is 0 Å². The van der Waals surface area contributed by atoms with E-state index in [4.69, 9.17) is 9.73 Å². The van der Waals surface area contributed by atoms with E-state index >= 15 is 0 Å². The smallest absolute Gasteiger partial charge is 0.160 e. The summed E-state index contributed by atoms with van der Waals surface area (Å²) in [6.45, 7) is 7.39. The van der Waals surface area contributed by atoms with Gasteiger partial charge in [0, 0.05) is 18.0 Å². The van der Waals surface area contributed by atoms with Crippen LogP contribution in [0.25, 0.3) is 0 Å². The Bertz CT molecular complexity index is 778. The number of rotatable bonds is 4. The number of nitrogens with zero attached hydrogens (tertiary/aromatic N) is 3. The number of ether oxygens (including phenoxy) is 1. The van der Waals surface area contributed by atoms with Gasteiger partial charge >= 0.3 is 0 Å². The second-order valence-corrected chi connectivity index (χ2v) is 8.28. The monoisotopic (exact) mass is 353 g/mol. The highest BCUT2D eigenvalue weighted by atomic mass is 32.2. The number of hydrogen-bond acceptors (Lipinski definition) is 5. The Morgan fingerprint density at radius 1 is 1.20 bits per heavy atom. The lowest BCUT2D eigenvalue weighted by atomic mass is 9.96. The van der Waals surface area contributed by atoms with Crippen LogP contribution in [0.5, 0.6) is 5.75 Å². The number of pyridine rings is 1. The van der Waals surface area contributed by atoms with E-state index in [1.165, 1.54) is 5.56 Å². The lowest BCUT2D eigenvalue weighted by molar-refractivity contribution is 0.241. The predicted molar refractivity (Wildman–Crippen MR) is 103 cm³/mol. The zero-order valence-corrected chi connectivity index (χ0v) is 15.6. The zero-order valence-electron chi connectivity index (χ0n) is 14.8. The van der Waals surface area contributed by atoms with Gasteiger partial charge in [-0.15, -0.1) is 0 Å². The van der Waals surface area contributed by atoms with Crippen LogP contribution in [-0.2, 0) is 0 Å². The molecule has 0 bridgehead atoms. The Kier molecular flexibility index (Phi) is 4.42. The molecule has 25 heavy (non-hydrogen) atoms. The van der Waals surface area contributed by atoms with E-state index in [0.717, 1.165) is 23.2 Å². The Balaban J connectivity index is 1.72. The summed E-state index contributed by atoms with van der Waals surface area (Å²) in [6.07, 6.45) is 2.02. The minimum Gasteiger partial charge on any atom is -0.491 e. The van der Waals surface area contributed by atoms with Crippen molar-refractivity contribution in [3.8, 4) is 5.75 Å². The topological polar surface area (TPSA) is 37.7 Å². The molecule has 4 rings (SSSR count). The minimum atomic E-state index is 0.0329. The molecule has 5 heteroatoms. The van der Waals surface area contributed by atoms with Gasteiger partial charge in [-0.25, -0.2) is 0 Å². The van der Waals surface area contributed by atoms with Gasteiger partial charge in [0.15, 0.2) is 5.17 Å². The van der Waals surface area contributed by atoms with Crippen molar-refractivity contribution in [2.75, 3.05) is 6.54 Å². The minimum absolute atomic E-state index is 0.0329. The molecular formula is C20H23N3OS. The fraction of sp³-hybridized carbons (Fsp3) is 0.400. The van der Waals surface area contributed by atoms with Crippen LogP contribution in [-0.4, -0.2) is 33.0 Å². The molecule has 0 aliphatic carbocycles. The van der Waals surface area contributed by atoms with Crippen molar-refractivity contribution in [2.24, 2.45) is 4.99 Å². The van der Waals surface area contributed by atoms with Crippen LogP contribution in [0.3, 0.4) is 0 Å². The number of fused-ring (bicyclic) bond motifs is 1. The van der Waals surface area contributed by atoms with Gasteiger partial charge in [-0.3, -0.25) is 9.98 Å². The summed E-state index contributed by atoms with van der Waals surface area (Å²) in [5, 5.41) is 1.71. The Labute approximate surface area is 153 Å². The first kappa shape index (κ1) is 16.5. The van der Waals surface area contributed by atoms with Gasteiger partial charge in [0.1, 0.15) is 11.8 Å². The maximum atomic E-state index is 5.91. The molecule has 2 aromatic rings. The molecule has 1 aromatic heterocycles. The van der Waals surface area contributed by atoms with E-state index < -0.39 is 0 Å². The van der Waals surface area contributed by atoms with Gasteiger partial charge < -0.3 is 9.64 Å². The molecule has 2 aliphatic heterocycles. The summed E-state index contributed by atoms with van der Waals surface area (Å²) < 4.78 is 5.91. The molecule has 2 aliphatic rings. The van der Waals surface area contributed by atoms with Gasteiger partial charge in [-0.1, -0.05) is 36.9 Å². The fourth-order valence-corrected chi connectivity index (χ4v) is 4.62. The molecule has 0 saturated carbocycles. The van der Waals surface area contributed by atoms with Crippen molar-refractivity contribution in [2.45, 2.75) is 44.2 Å². The van der Waals surface area contributed by atoms with Crippen LogP contribution in [0, 0.1) is 0 Å². The summed E-state index contributed by atoms with van der Waals surface area (Å²) in [5.41, 5.74) is 2.26. The normalized spacial score (nSPS) is 25.2. The number of hydrogen-bond donors (Lipinski definition) is 0. The van der Waals surface area contributed by atoms with Gasteiger partial charge in [0.2, 0.25) is 0 Å². The Morgan fingerprint density at radius 2 is 2.08 bits per heavy atom. The molecule has 0 spiro atoms. The summed E-state index contributed by atoms with van der Waals surface area (Å²) in [7, 11) is 0. The standard InChI is InChI=1S/C20H23N3OS/c1-13(2)24-16-8-6-7-15(11-16)19-18(17-9-4-5-10-21-17)22-20-23(19)12-14(3)25-20/h4-11,13-14,18-19H,12H2,1-3H3/t14-,18-,19-/m0/s1. The first-order valence-electron chi connectivity index (χ1n) is 8.80. The number of benzene rings is 1. The Morgan fingerprint density at radius 3 is 2.84 bits per heavy atom. The van der Waals surface area contributed by atoms with Crippen molar-refractivity contribution in [1.82, 2.24) is 9.88 Å². The summed E-state index contributed by atoms with van der Waals surface area (Å²) in [6, 6.07) is 14.7. The second kappa shape index (κ2) is 6.71. The van der Waals surface area contributed by atoms with Crippen molar-refractivity contribution in [3.63, 3.8) is 0 Å². The molecule has 0 N–H and O–H groups in total. The third kappa shape index (κ3) is 3.25.